The lowest BCUT2D eigenvalue weighted by Gasteiger charge is -2.21. The average molecular weight is 470 g/mol. The van der Waals surface area contributed by atoms with E-state index in [0.717, 1.165) is 46.6 Å². The molecule has 0 unspecified atom stereocenters. The predicted octanol–water partition coefficient (Wildman–Crippen LogP) is 6.88. The number of fused-ring (bicyclic) bond motifs is 1. The van der Waals surface area contributed by atoms with E-state index in [1.54, 1.807) is 7.11 Å². The summed E-state index contributed by atoms with van der Waals surface area (Å²) < 4.78 is 16.7. The van der Waals surface area contributed by atoms with Crippen molar-refractivity contribution in [1.29, 1.82) is 0 Å². The quantitative estimate of drug-likeness (QED) is 0.197. The smallest absolute Gasteiger partial charge is 0.344 e. The second kappa shape index (κ2) is 11.0. The molecule has 1 aromatic heterocycles. The molecule has 4 rings (SSSR count). The average Bonchev–Trinajstić information content (AvgIpc) is 2.89. The lowest BCUT2D eigenvalue weighted by atomic mass is 10.0. The molecule has 0 aliphatic heterocycles. The van der Waals surface area contributed by atoms with Gasteiger partial charge < -0.3 is 18.8 Å². The van der Waals surface area contributed by atoms with Crippen LogP contribution in [-0.4, -0.2) is 26.8 Å². The normalized spacial score (nSPS) is 11.2. The molecule has 0 spiro atoms. The van der Waals surface area contributed by atoms with Crippen molar-refractivity contribution in [3.63, 3.8) is 0 Å². The molecule has 0 bridgehead atoms. The number of benzene rings is 3. The largest absolute Gasteiger partial charge is 0.493 e. The molecule has 0 amide bonds. The van der Waals surface area contributed by atoms with E-state index in [4.69, 9.17) is 13.9 Å². The van der Waals surface area contributed by atoms with Gasteiger partial charge in [0.1, 0.15) is 5.58 Å². The van der Waals surface area contributed by atoms with Crippen LogP contribution in [0.1, 0.15) is 31.9 Å². The maximum absolute atomic E-state index is 12.8. The van der Waals surface area contributed by atoms with Crippen LogP contribution in [0.4, 0.5) is 5.69 Å². The Labute approximate surface area is 206 Å². The number of methoxy groups -OCH3 is 1. The number of hydrogen-bond acceptors (Lipinski definition) is 5. The number of nitrogens with zero attached hydrogens (tertiary/aromatic N) is 1. The zero-order valence-electron chi connectivity index (χ0n) is 20.7. The van der Waals surface area contributed by atoms with Gasteiger partial charge in [-0.15, -0.1) is 0 Å². The second-order valence-electron chi connectivity index (χ2n) is 8.14. The highest BCUT2D eigenvalue weighted by Gasteiger charge is 2.10. The molecular weight excluding hydrogens is 438 g/mol. The van der Waals surface area contributed by atoms with Gasteiger partial charge in [-0.2, -0.15) is 0 Å². The number of ether oxygens (including phenoxy) is 2. The van der Waals surface area contributed by atoms with Crippen molar-refractivity contribution in [1.82, 2.24) is 0 Å². The van der Waals surface area contributed by atoms with Crippen LogP contribution in [0.5, 0.6) is 11.5 Å². The molecule has 1 heterocycles. The van der Waals surface area contributed by atoms with Crippen molar-refractivity contribution in [3.05, 3.63) is 88.3 Å². The van der Waals surface area contributed by atoms with Crippen molar-refractivity contribution < 1.29 is 13.9 Å². The van der Waals surface area contributed by atoms with E-state index >= 15 is 0 Å². The molecule has 4 aromatic rings. The Balaban J connectivity index is 1.56. The molecule has 180 valence electrons. The fraction of sp³-hybridized carbons (Fsp3) is 0.233. The zero-order valence-corrected chi connectivity index (χ0v) is 20.7. The third-order valence-electron chi connectivity index (χ3n) is 6.03. The minimum absolute atomic E-state index is 0.334. The first-order valence-corrected chi connectivity index (χ1v) is 12.0. The summed E-state index contributed by atoms with van der Waals surface area (Å²) in [6.07, 6.45) is 4.04. The molecule has 0 N–H and O–H groups in total. The van der Waals surface area contributed by atoms with Crippen LogP contribution in [0, 0.1) is 0 Å². The molecule has 0 atom stereocenters. The summed E-state index contributed by atoms with van der Waals surface area (Å²) in [5.74, 6) is 1.44. The number of rotatable bonds is 9. The standard InChI is InChI=1S/C30H31NO4/c1-5-31(6-2)25-16-15-24-19-26(30(32)35-28(24)20-25)23-13-10-21(11-14-23)8-9-22-12-17-27(34-7-3)29(18-22)33-4/h8-20H,5-7H2,1-4H3. The summed E-state index contributed by atoms with van der Waals surface area (Å²) in [5, 5.41) is 0.906. The monoisotopic (exact) mass is 469 g/mol. The molecule has 35 heavy (non-hydrogen) atoms. The SMILES string of the molecule is CCOc1ccc(C=Cc2ccc(-c3cc4ccc(N(CC)CC)cc4oc3=O)cc2)cc1OC. The summed E-state index contributed by atoms with van der Waals surface area (Å²) in [6, 6.07) is 21.7. The molecule has 0 fully saturated rings. The van der Waals surface area contributed by atoms with Gasteiger partial charge in [0.2, 0.25) is 0 Å². The van der Waals surface area contributed by atoms with Crippen LogP contribution in [0.3, 0.4) is 0 Å². The Morgan fingerprint density at radius 3 is 2.23 bits per heavy atom. The van der Waals surface area contributed by atoms with Gasteiger partial charge in [0, 0.05) is 30.2 Å². The van der Waals surface area contributed by atoms with E-state index in [2.05, 4.69) is 24.8 Å². The maximum atomic E-state index is 12.8. The molecule has 5 heteroatoms. The van der Waals surface area contributed by atoms with Crippen molar-refractivity contribution in [2.24, 2.45) is 0 Å². The second-order valence-corrected chi connectivity index (χ2v) is 8.14. The Hall–Kier alpha value is -3.99. The lowest BCUT2D eigenvalue weighted by molar-refractivity contribution is 0.311. The first kappa shape index (κ1) is 24.1. The lowest BCUT2D eigenvalue weighted by Crippen LogP contribution is -2.21. The third-order valence-corrected chi connectivity index (χ3v) is 6.03. The summed E-state index contributed by atoms with van der Waals surface area (Å²) >= 11 is 0. The van der Waals surface area contributed by atoms with E-state index in [9.17, 15) is 4.79 Å². The molecule has 0 aliphatic carbocycles. The maximum Gasteiger partial charge on any atom is 0.344 e. The molecule has 3 aromatic carbocycles. The minimum Gasteiger partial charge on any atom is -0.493 e. The summed E-state index contributed by atoms with van der Waals surface area (Å²) in [6.45, 7) is 8.56. The Morgan fingerprint density at radius 2 is 1.54 bits per heavy atom. The highest BCUT2D eigenvalue weighted by Crippen LogP contribution is 2.29. The van der Waals surface area contributed by atoms with Crippen LogP contribution in [0.15, 0.2) is 75.9 Å². The van der Waals surface area contributed by atoms with Crippen LogP contribution in [-0.2, 0) is 0 Å². The van der Waals surface area contributed by atoms with Crippen molar-refractivity contribution >= 4 is 28.8 Å². The summed E-state index contributed by atoms with van der Waals surface area (Å²) in [5.41, 5.74) is 4.74. The van der Waals surface area contributed by atoms with Gasteiger partial charge in [-0.05, 0) is 67.8 Å². The first-order chi connectivity index (χ1) is 17.1. The third kappa shape index (κ3) is 5.40. The molecule has 0 saturated carbocycles. The highest BCUT2D eigenvalue weighted by molar-refractivity contribution is 5.84. The van der Waals surface area contributed by atoms with Gasteiger partial charge in [-0.1, -0.05) is 42.5 Å². The van der Waals surface area contributed by atoms with E-state index in [1.807, 2.05) is 79.7 Å². The van der Waals surface area contributed by atoms with Crippen molar-refractivity contribution in [3.8, 4) is 22.6 Å². The minimum atomic E-state index is -0.334. The Kier molecular flexibility index (Phi) is 7.56. The van der Waals surface area contributed by atoms with Gasteiger partial charge in [0.25, 0.3) is 0 Å². The Morgan fingerprint density at radius 1 is 0.829 bits per heavy atom. The first-order valence-electron chi connectivity index (χ1n) is 12.0. The molecule has 0 radical (unpaired) electrons. The highest BCUT2D eigenvalue weighted by atomic mass is 16.5. The van der Waals surface area contributed by atoms with Gasteiger partial charge in [-0.3, -0.25) is 0 Å². The molecule has 0 saturated heterocycles. The summed E-state index contributed by atoms with van der Waals surface area (Å²) in [4.78, 5) is 15.0. The number of anilines is 1. The van der Waals surface area contributed by atoms with E-state index in [0.29, 0.717) is 23.5 Å². The van der Waals surface area contributed by atoms with Gasteiger partial charge in [-0.25, -0.2) is 4.79 Å². The fourth-order valence-corrected chi connectivity index (χ4v) is 4.12. The molecule has 0 aliphatic rings. The van der Waals surface area contributed by atoms with Crippen LogP contribution < -0.4 is 20.0 Å². The Bertz CT molecular complexity index is 1380. The number of hydrogen-bond donors (Lipinski definition) is 0. The topological polar surface area (TPSA) is 51.9 Å². The van der Waals surface area contributed by atoms with Crippen LogP contribution in [0.2, 0.25) is 0 Å². The summed E-state index contributed by atoms with van der Waals surface area (Å²) in [7, 11) is 1.64. The van der Waals surface area contributed by atoms with Gasteiger partial charge in [0.05, 0.1) is 19.3 Å². The van der Waals surface area contributed by atoms with E-state index in [-0.39, 0.29) is 5.63 Å². The van der Waals surface area contributed by atoms with Crippen LogP contribution >= 0.6 is 0 Å². The molecule has 5 nitrogen and oxygen atoms in total. The van der Waals surface area contributed by atoms with Crippen molar-refractivity contribution in [2.45, 2.75) is 20.8 Å². The predicted molar refractivity (Wildman–Crippen MR) is 145 cm³/mol. The fourth-order valence-electron chi connectivity index (χ4n) is 4.12. The van der Waals surface area contributed by atoms with E-state index < -0.39 is 0 Å². The van der Waals surface area contributed by atoms with Crippen LogP contribution in [0.25, 0.3) is 34.2 Å². The van der Waals surface area contributed by atoms with Gasteiger partial charge >= 0.3 is 5.63 Å². The molecular formula is C30H31NO4. The van der Waals surface area contributed by atoms with E-state index in [1.165, 1.54) is 0 Å². The van der Waals surface area contributed by atoms with Crippen molar-refractivity contribution in [2.75, 3.05) is 31.7 Å². The van der Waals surface area contributed by atoms with Gasteiger partial charge in [0.15, 0.2) is 11.5 Å². The zero-order chi connectivity index (χ0) is 24.8.